The van der Waals surface area contributed by atoms with E-state index in [1.54, 1.807) is 12.1 Å². The zero-order valence-corrected chi connectivity index (χ0v) is 13.9. The molecule has 3 rings (SSSR count). The number of carbonyl (C=O) groups excluding carboxylic acids is 1. The van der Waals surface area contributed by atoms with Gasteiger partial charge in [-0.2, -0.15) is 4.98 Å². The highest BCUT2D eigenvalue weighted by Crippen LogP contribution is 2.28. The lowest BCUT2D eigenvalue weighted by atomic mass is 9.97. The molecule has 0 radical (unpaired) electrons. The van der Waals surface area contributed by atoms with Crippen molar-refractivity contribution in [3.63, 3.8) is 0 Å². The molecule has 0 N–H and O–H groups in total. The van der Waals surface area contributed by atoms with Crippen molar-refractivity contribution in [3.05, 3.63) is 35.2 Å². The van der Waals surface area contributed by atoms with Crippen LogP contribution in [0.5, 0.6) is 0 Å². The lowest BCUT2D eigenvalue weighted by Crippen LogP contribution is -2.39. The van der Waals surface area contributed by atoms with Crippen molar-refractivity contribution in [2.45, 2.75) is 38.5 Å². The maximum absolute atomic E-state index is 12.1. The van der Waals surface area contributed by atoms with Crippen molar-refractivity contribution in [1.82, 2.24) is 15.0 Å². The minimum absolute atomic E-state index is 0.123. The second-order valence-electron chi connectivity index (χ2n) is 5.89. The lowest BCUT2D eigenvalue weighted by molar-refractivity contribution is -0.132. The molecule has 6 heteroatoms. The highest BCUT2D eigenvalue weighted by atomic mass is 35.5. The molecule has 2 aromatic rings. The summed E-state index contributed by atoms with van der Waals surface area (Å²) in [5.41, 5.74) is 0.874. The average molecular weight is 334 g/mol. The van der Waals surface area contributed by atoms with Gasteiger partial charge in [0, 0.05) is 30.1 Å². The first-order valence-corrected chi connectivity index (χ1v) is 8.42. The SMILES string of the molecule is CCCC(=O)N1CCC[C@H](c2nc(-c3ccc(Cl)cc3)no2)C1. The molecule has 0 aliphatic carbocycles. The molecule has 0 saturated carbocycles. The normalized spacial score (nSPS) is 18.2. The number of piperidine rings is 1. The van der Waals surface area contributed by atoms with E-state index < -0.39 is 0 Å². The maximum atomic E-state index is 12.1. The number of halogens is 1. The fraction of sp³-hybridized carbons (Fsp3) is 0.471. The number of likely N-dealkylation sites (tertiary alicyclic amines) is 1. The van der Waals surface area contributed by atoms with Crippen LogP contribution in [0.15, 0.2) is 28.8 Å². The Morgan fingerprint density at radius 3 is 2.91 bits per heavy atom. The summed E-state index contributed by atoms with van der Waals surface area (Å²) in [5, 5.41) is 4.74. The number of hydrogen-bond acceptors (Lipinski definition) is 4. The largest absolute Gasteiger partial charge is 0.342 e. The topological polar surface area (TPSA) is 59.2 Å². The number of benzene rings is 1. The fourth-order valence-electron chi connectivity index (χ4n) is 2.89. The van der Waals surface area contributed by atoms with Crippen LogP contribution in [0.25, 0.3) is 11.4 Å². The summed E-state index contributed by atoms with van der Waals surface area (Å²) in [6.07, 6.45) is 3.42. The van der Waals surface area contributed by atoms with E-state index in [0.29, 0.717) is 29.7 Å². The van der Waals surface area contributed by atoms with E-state index in [1.165, 1.54) is 0 Å². The molecule has 23 heavy (non-hydrogen) atoms. The molecule has 122 valence electrons. The molecule has 1 fully saturated rings. The van der Waals surface area contributed by atoms with Crippen LogP contribution < -0.4 is 0 Å². The lowest BCUT2D eigenvalue weighted by Gasteiger charge is -2.31. The van der Waals surface area contributed by atoms with Crippen LogP contribution in [0.4, 0.5) is 0 Å². The molecular weight excluding hydrogens is 314 g/mol. The molecule has 1 amide bonds. The van der Waals surface area contributed by atoms with E-state index in [-0.39, 0.29) is 11.8 Å². The molecule has 1 saturated heterocycles. The van der Waals surface area contributed by atoms with Crippen LogP contribution in [0.1, 0.15) is 44.4 Å². The third kappa shape index (κ3) is 3.72. The quantitative estimate of drug-likeness (QED) is 0.851. The molecule has 0 spiro atoms. The third-order valence-electron chi connectivity index (χ3n) is 4.13. The van der Waals surface area contributed by atoms with Crippen LogP contribution in [0.3, 0.4) is 0 Å². The summed E-state index contributed by atoms with van der Waals surface area (Å²) in [5.74, 6) is 1.52. The van der Waals surface area contributed by atoms with Gasteiger partial charge in [0.1, 0.15) is 0 Å². The molecular formula is C17H20ClN3O2. The Kier molecular flexibility index (Phi) is 4.96. The Bertz CT molecular complexity index is 669. The minimum Gasteiger partial charge on any atom is -0.342 e. The van der Waals surface area contributed by atoms with Crippen molar-refractivity contribution >= 4 is 17.5 Å². The van der Waals surface area contributed by atoms with Crippen molar-refractivity contribution < 1.29 is 9.32 Å². The summed E-state index contributed by atoms with van der Waals surface area (Å²) in [7, 11) is 0. The van der Waals surface area contributed by atoms with Crippen molar-refractivity contribution in [1.29, 1.82) is 0 Å². The maximum Gasteiger partial charge on any atom is 0.231 e. The van der Waals surface area contributed by atoms with Gasteiger partial charge < -0.3 is 9.42 Å². The molecule has 1 aliphatic rings. The molecule has 2 heterocycles. The zero-order chi connectivity index (χ0) is 16.2. The van der Waals surface area contributed by atoms with Gasteiger partial charge in [0.2, 0.25) is 17.6 Å². The second kappa shape index (κ2) is 7.13. The van der Waals surface area contributed by atoms with Gasteiger partial charge in [-0.05, 0) is 43.5 Å². The monoisotopic (exact) mass is 333 g/mol. The number of nitrogens with zero attached hydrogens (tertiary/aromatic N) is 3. The summed E-state index contributed by atoms with van der Waals surface area (Å²) >= 11 is 5.90. The van der Waals surface area contributed by atoms with E-state index in [4.69, 9.17) is 16.1 Å². The van der Waals surface area contributed by atoms with Gasteiger partial charge in [-0.15, -0.1) is 0 Å². The Balaban J connectivity index is 1.72. The molecule has 5 nitrogen and oxygen atoms in total. The van der Waals surface area contributed by atoms with Crippen LogP contribution in [-0.4, -0.2) is 34.0 Å². The number of amides is 1. The van der Waals surface area contributed by atoms with E-state index in [1.807, 2.05) is 24.0 Å². The van der Waals surface area contributed by atoms with Gasteiger partial charge in [0.25, 0.3) is 0 Å². The van der Waals surface area contributed by atoms with E-state index >= 15 is 0 Å². The Hall–Kier alpha value is -1.88. The summed E-state index contributed by atoms with van der Waals surface area (Å²) in [6, 6.07) is 7.35. The van der Waals surface area contributed by atoms with E-state index in [2.05, 4.69) is 10.1 Å². The van der Waals surface area contributed by atoms with Gasteiger partial charge in [-0.3, -0.25) is 4.79 Å². The number of carbonyl (C=O) groups is 1. The molecule has 1 atom stereocenters. The highest BCUT2D eigenvalue weighted by molar-refractivity contribution is 6.30. The molecule has 0 unspecified atom stereocenters. The number of rotatable bonds is 4. The third-order valence-corrected chi connectivity index (χ3v) is 4.38. The van der Waals surface area contributed by atoms with Gasteiger partial charge >= 0.3 is 0 Å². The smallest absolute Gasteiger partial charge is 0.231 e. The Morgan fingerprint density at radius 2 is 2.17 bits per heavy atom. The van der Waals surface area contributed by atoms with Crippen molar-refractivity contribution in [2.75, 3.05) is 13.1 Å². The van der Waals surface area contributed by atoms with Gasteiger partial charge in [-0.1, -0.05) is 23.7 Å². The highest BCUT2D eigenvalue weighted by Gasteiger charge is 2.28. The standard InChI is InChI=1S/C17H20ClN3O2/c1-2-4-15(22)21-10-3-5-13(11-21)17-19-16(20-23-17)12-6-8-14(18)9-7-12/h6-9,13H,2-5,10-11H2,1H3/t13-/m0/s1. The Morgan fingerprint density at radius 1 is 1.39 bits per heavy atom. The van der Waals surface area contributed by atoms with E-state index in [9.17, 15) is 4.79 Å². The van der Waals surface area contributed by atoms with Gasteiger partial charge in [0.15, 0.2) is 0 Å². The van der Waals surface area contributed by atoms with Crippen molar-refractivity contribution in [3.8, 4) is 11.4 Å². The summed E-state index contributed by atoms with van der Waals surface area (Å²) in [6.45, 7) is 3.52. The van der Waals surface area contributed by atoms with Gasteiger partial charge in [-0.25, -0.2) is 0 Å². The van der Waals surface area contributed by atoms with Crippen LogP contribution in [-0.2, 0) is 4.79 Å². The number of hydrogen-bond donors (Lipinski definition) is 0. The first-order valence-electron chi connectivity index (χ1n) is 8.04. The van der Waals surface area contributed by atoms with E-state index in [0.717, 1.165) is 31.4 Å². The molecule has 1 aromatic heterocycles. The van der Waals surface area contributed by atoms with Crippen molar-refractivity contribution in [2.24, 2.45) is 0 Å². The molecule has 0 bridgehead atoms. The average Bonchev–Trinajstić information content (AvgIpc) is 3.06. The first kappa shape index (κ1) is 16.0. The summed E-state index contributed by atoms with van der Waals surface area (Å²) < 4.78 is 5.44. The first-order chi connectivity index (χ1) is 11.2. The van der Waals surface area contributed by atoms with Crippen LogP contribution in [0.2, 0.25) is 5.02 Å². The molecule has 1 aliphatic heterocycles. The second-order valence-corrected chi connectivity index (χ2v) is 6.33. The van der Waals surface area contributed by atoms with Crippen LogP contribution >= 0.6 is 11.6 Å². The minimum atomic E-state index is 0.123. The Labute approximate surface area is 140 Å². The fourth-order valence-corrected chi connectivity index (χ4v) is 3.02. The zero-order valence-electron chi connectivity index (χ0n) is 13.2. The predicted molar refractivity (Wildman–Crippen MR) is 88.2 cm³/mol. The molecule has 1 aromatic carbocycles. The summed E-state index contributed by atoms with van der Waals surface area (Å²) in [4.78, 5) is 18.5. The van der Waals surface area contributed by atoms with Crippen LogP contribution in [0, 0.1) is 0 Å². The predicted octanol–water partition coefficient (Wildman–Crippen LogP) is 3.90. The number of aromatic nitrogens is 2. The van der Waals surface area contributed by atoms with Gasteiger partial charge in [0.05, 0.1) is 5.92 Å².